The number of allylic oxidation sites excluding steroid dienone is 1. The number of aliphatic imine (C=N–C) groups is 1. The van der Waals surface area contributed by atoms with Crippen LogP contribution in [0.3, 0.4) is 0 Å². The lowest BCUT2D eigenvalue weighted by Gasteiger charge is -2.25. The van der Waals surface area contributed by atoms with Crippen LogP contribution in [0.4, 0.5) is 10.1 Å². The Morgan fingerprint density at radius 3 is 3.21 bits per heavy atom. The molecule has 1 aromatic heterocycles. The molecule has 1 atom stereocenters. The Hall–Kier alpha value is -2.13. The summed E-state index contributed by atoms with van der Waals surface area (Å²) in [6.45, 7) is 8.28. The molecule has 1 N–H and O–H groups in total. The van der Waals surface area contributed by atoms with E-state index < -0.39 is 0 Å². The summed E-state index contributed by atoms with van der Waals surface area (Å²) in [5, 5.41) is 1.97. The molecule has 2 aromatic rings. The summed E-state index contributed by atoms with van der Waals surface area (Å²) >= 11 is 1.41. The van der Waals surface area contributed by atoms with Crippen LogP contribution in [0.5, 0.6) is 0 Å². The van der Waals surface area contributed by atoms with Crippen molar-refractivity contribution >= 4 is 33.0 Å². The molecule has 1 aromatic carbocycles. The lowest BCUT2D eigenvalue weighted by atomic mass is 10.2. The number of nitrogens with zero attached hydrogens (tertiary/aromatic N) is 3. The Morgan fingerprint density at radius 1 is 1.52 bits per heavy atom. The van der Waals surface area contributed by atoms with Gasteiger partial charge in [-0.15, -0.1) is 17.9 Å². The van der Waals surface area contributed by atoms with Gasteiger partial charge in [-0.05, 0) is 44.4 Å². The highest BCUT2D eigenvalue weighted by Crippen LogP contribution is 2.27. The van der Waals surface area contributed by atoms with E-state index in [2.05, 4.69) is 22.0 Å². The van der Waals surface area contributed by atoms with Gasteiger partial charge in [-0.1, -0.05) is 6.08 Å². The van der Waals surface area contributed by atoms with Gasteiger partial charge in [0.15, 0.2) is 6.29 Å². The number of nitrogens with one attached hydrogen (secondary N) is 1. The van der Waals surface area contributed by atoms with Gasteiger partial charge in [-0.25, -0.2) is 14.4 Å². The summed E-state index contributed by atoms with van der Waals surface area (Å²) in [6.07, 6.45) is 8.51. The molecule has 8 heteroatoms. The van der Waals surface area contributed by atoms with Gasteiger partial charge in [0.1, 0.15) is 11.5 Å². The van der Waals surface area contributed by atoms with E-state index in [4.69, 9.17) is 9.47 Å². The lowest BCUT2D eigenvalue weighted by Crippen LogP contribution is -2.38. The fraction of sp³-hybridized carbons (Fsp3) is 0.429. The van der Waals surface area contributed by atoms with Crippen molar-refractivity contribution in [3.63, 3.8) is 0 Å². The highest BCUT2D eigenvalue weighted by Gasteiger charge is 2.14. The largest absolute Gasteiger partial charge is 0.353 e. The van der Waals surface area contributed by atoms with Gasteiger partial charge in [0.25, 0.3) is 0 Å². The van der Waals surface area contributed by atoms with E-state index in [0.717, 1.165) is 36.1 Å². The Bertz CT molecular complexity index is 861. The minimum absolute atomic E-state index is 0.0933. The molecule has 0 radical (unpaired) electrons. The number of hydrogen-bond donors (Lipinski definition) is 1. The number of halogens is 1. The van der Waals surface area contributed by atoms with Crippen molar-refractivity contribution in [3.05, 3.63) is 48.4 Å². The van der Waals surface area contributed by atoms with E-state index in [9.17, 15) is 4.39 Å². The van der Waals surface area contributed by atoms with E-state index in [1.54, 1.807) is 23.9 Å². The van der Waals surface area contributed by atoms with Crippen LogP contribution in [0.1, 0.15) is 26.2 Å². The molecule has 0 amide bonds. The molecule has 0 spiro atoms. The maximum Gasteiger partial charge on any atom is 0.157 e. The third-order valence-corrected chi connectivity index (χ3v) is 5.22. The molecule has 1 aliphatic rings. The van der Waals surface area contributed by atoms with Gasteiger partial charge in [0.05, 0.1) is 22.3 Å². The summed E-state index contributed by atoms with van der Waals surface area (Å²) in [5.74, 6) is -0.349. The topological polar surface area (TPSA) is 59.0 Å². The molecule has 3 rings (SSSR count). The molecule has 1 fully saturated rings. The molecule has 0 saturated carbocycles. The fourth-order valence-corrected chi connectivity index (χ4v) is 3.63. The maximum absolute atomic E-state index is 14.2. The van der Waals surface area contributed by atoms with Gasteiger partial charge in [0, 0.05) is 31.6 Å². The SMILES string of the molecule is C=CCN(CCOC1CCCCO1)NC=CC(C)=Nc1cc2ncsc2cc1F. The first-order valence-electron chi connectivity index (χ1n) is 9.75. The molecule has 1 aliphatic heterocycles. The van der Waals surface area contributed by atoms with Gasteiger partial charge >= 0.3 is 0 Å². The third kappa shape index (κ3) is 6.71. The Balaban J connectivity index is 1.51. The van der Waals surface area contributed by atoms with Gasteiger partial charge in [-0.3, -0.25) is 4.99 Å². The van der Waals surface area contributed by atoms with Crippen molar-refractivity contribution < 1.29 is 13.9 Å². The van der Waals surface area contributed by atoms with Crippen LogP contribution in [0, 0.1) is 5.82 Å². The van der Waals surface area contributed by atoms with Crippen LogP contribution in [0.15, 0.2) is 47.6 Å². The predicted molar refractivity (Wildman–Crippen MR) is 116 cm³/mol. The van der Waals surface area contributed by atoms with Gasteiger partial charge < -0.3 is 14.9 Å². The monoisotopic (exact) mass is 418 g/mol. The average molecular weight is 419 g/mol. The Morgan fingerprint density at radius 2 is 2.41 bits per heavy atom. The van der Waals surface area contributed by atoms with Crippen molar-refractivity contribution in [3.8, 4) is 0 Å². The second-order valence-electron chi connectivity index (χ2n) is 6.74. The van der Waals surface area contributed by atoms with Crippen LogP contribution in [-0.2, 0) is 9.47 Å². The van der Waals surface area contributed by atoms with Crippen molar-refractivity contribution in [1.29, 1.82) is 0 Å². The number of benzene rings is 1. The molecule has 29 heavy (non-hydrogen) atoms. The average Bonchev–Trinajstić information content (AvgIpc) is 3.16. The predicted octanol–water partition coefficient (Wildman–Crippen LogP) is 4.58. The molecule has 2 heterocycles. The van der Waals surface area contributed by atoms with E-state index in [1.807, 2.05) is 18.0 Å². The summed E-state index contributed by atoms with van der Waals surface area (Å²) in [7, 11) is 0. The van der Waals surface area contributed by atoms with Crippen molar-refractivity contribution in [2.75, 3.05) is 26.3 Å². The van der Waals surface area contributed by atoms with Crippen LogP contribution in [0.2, 0.25) is 0 Å². The number of thiazole rings is 1. The van der Waals surface area contributed by atoms with Crippen LogP contribution in [-0.4, -0.2) is 48.3 Å². The maximum atomic E-state index is 14.2. The highest BCUT2D eigenvalue weighted by molar-refractivity contribution is 7.16. The summed E-state index contributed by atoms with van der Waals surface area (Å²) in [6, 6.07) is 3.14. The first kappa shape index (κ1) is 21.6. The van der Waals surface area contributed by atoms with Gasteiger partial charge in [0.2, 0.25) is 0 Å². The van der Waals surface area contributed by atoms with E-state index in [0.29, 0.717) is 25.4 Å². The van der Waals surface area contributed by atoms with Crippen molar-refractivity contribution in [1.82, 2.24) is 15.4 Å². The fourth-order valence-electron chi connectivity index (χ4n) is 2.95. The first-order chi connectivity index (χ1) is 14.2. The summed E-state index contributed by atoms with van der Waals surface area (Å²) in [5.41, 5.74) is 6.61. The minimum Gasteiger partial charge on any atom is -0.353 e. The molecule has 0 bridgehead atoms. The molecule has 1 saturated heterocycles. The van der Waals surface area contributed by atoms with E-state index in [-0.39, 0.29) is 17.8 Å². The number of hydrogen-bond acceptors (Lipinski definition) is 7. The lowest BCUT2D eigenvalue weighted by molar-refractivity contribution is -0.164. The zero-order valence-corrected chi connectivity index (χ0v) is 17.5. The van der Waals surface area contributed by atoms with Gasteiger partial charge in [-0.2, -0.15) is 0 Å². The summed E-state index contributed by atoms with van der Waals surface area (Å²) in [4.78, 5) is 8.57. The van der Waals surface area contributed by atoms with E-state index >= 15 is 0 Å². The molecule has 1 unspecified atom stereocenters. The molecule has 6 nitrogen and oxygen atoms in total. The number of fused-ring (bicyclic) bond motifs is 1. The zero-order valence-electron chi connectivity index (χ0n) is 16.6. The van der Waals surface area contributed by atoms with Crippen LogP contribution >= 0.6 is 11.3 Å². The standard InChI is InChI=1S/C21H27FN4O2S/c1-3-9-26(10-12-28-21-6-4-5-11-27-21)24-8-7-16(2)25-18-14-19-20(13-17(18)22)29-15-23-19/h3,7-8,13-15,21,24H,1,4-6,9-12H2,2H3. The zero-order chi connectivity index (χ0) is 20.5. The third-order valence-electron chi connectivity index (χ3n) is 4.43. The number of aromatic nitrogens is 1. The second-order valence-corrected chi connectivity index (χ2v) is 7.63. The van der Waals surface area contributed by atoms with Crippen molar-refractivity contribution in [2.45, 2.75) is 32.5 Å². The Kier molecular flexibility index (Phi) is 8.30. The molecule has 0 aliphatic carbocycles. The van der Waals surface area contributed by atoms with Crippen LogP contribution in [0.25, 0.3) is 10.2 Å². The number of rotatable bonds is 10. The van der Waals surface area contributed by atoms with Crippen molar-refractivity contribution in [2.24, 2.45) is 4.99 Å². The molecule has 156 valence electrons. The molecular weight excluding hydrogens is 391 g/mol. The summed E-state index contributed by atoms with van der Waals surface area (Å²) < 4.78 is 26.4. The minimum atomic E-state index is -0.349. The quantitative estimate of drug-likeness (QED) is 0.348. The second kappa shape index (κ2) is 11.2. The smallest absolute Gasteiger partial charge is 0.157 e. The highest BCUT2D eigenvalue weighted by atomic mass is 32.1. The Labute approximate surface area is 174 Å². The number of ether oxygens (including phenoxy) is 2. The van der Waals surface area contributed by atoms with Crippen LogP contribution < -0.4 is 5.43 Å². The number of hydrazine groups is 1. The first-order valence-corrected chi connectivity index (χ1v) is 10.6. The van der Waals surface area contributed by atoms with E-state index in [1.165, 1.54) is 17.4 Å². The normalized spacial score (nSPS) is 18.0. The molecular formula is C21H27FN4O2S.